The minimum absolute atomic E-state index is 0. The van der Waals surface area contributed by atoms with Crippen LogP contribution in [0.2, 0.25) is 0 Å². The van der Waals surface area contributed by atoms with Crippen LogP contribution in [0.3, 0.4) is 0 Å². The summed E-state index contributed by atoms with van der Waals surface area (Å²) in [6.45, 7) is 0. The van der Waals surface area contributed by atoms with Crippen molar-refractivity contribution in [1.29, 1.82) is 0 Å². The summed E-state index contributed by atoms with van der Waals surface area (Å²) in [4.78, 5) is 10.6. The Morgan fingerprint density at radius 3 is 2.50 bits per heavy atom. The third-order valence-corrected chi connectivity index (χ3v) is 1.60. The molecule has 0 amide bonds. The van der Waals surface area contributed by atoms with Crippen LogP contribution in [0, 0.1) is 5.92 Å². The third kappa shape index (κ3) is 2.15. The van der Waals surface area contributed by atoms with Gasteiger partial charge in [0, 0.05) is 0 Å². The van der Waals surface area contributed by atoms with E-state index in [1.807, 2.05) is 0 Å². The molecule has 2 N–H and O–H groups in total. The van der Waals surface area contributed by atoms with Crippen LogP contribution >= 0.6 is 12.4 Å². The normalized spacial score (nSPS) is 19.0. The molecule has 0 aromatic rings. The second-order valence-electron chi connectivity index (χ2n) is 2.39. The number of esters is 1. The molecule has 0 radical (unpaired) electrons. The zero-order valence-electron chi connectivity index (χ0n) is 5.87. The number of hydrogen-bond acceptors (Lipinski definition) is 3. The quantitative estimate of drug-likeness (QED) is 0.600. The van der Waals surface area contributed by atoms with Gasteiger partial charge in [-0.15, -0.1) is 12.4 Å². The van der Waals surface area contributed by atoms with E-state index in [1.54, 1.807) is 0 Å². The second-order valence-corrected chi connectivity index (χ2v) is 2.39. The van der Waals surface area contributed by atoms with Gasteiger partial charge in [0.25, 0.3) is 0 Å². The number of halogens is 1. The Hall–Kier alpha value is -0.280. The summed E-state index contributed by atoms with van der Waals surface area (Å²) in [7, 11) is 1.37. The largest absolute Gasteiger partial charge is 0.468 e. The number of carbonyl (C=O) groups excluding carboxylic acids is 1. The monoisotopic (exact) mass is 165 g/mol. The van der Waals surface area contributed by atoms with Crippen LogP contribution in [0.5, 0.6) is 0 Å². The zero-order valence-corrected chi connectivity index (χ0v) is 6.69. The molecule has 3 nitrogen and oxygen atoms in total. The average Bonchev–Trinajstić information content (AvgIpc) is 2.66. The molecule has 4 heteroatoms. The van der Waals surface area contributed by atoms with E-state index in [1.165, 1.54) is 7.11 Å². The van der Waals surface area contributed by atoms with Gasteiger partial charge in [0.1, 0.15) is 6.04 Å². The first-order valence-electron chi connectivity index (χ1n) is 3.09. The van der Waals surface area contributed by atoms with Crippen LogP contribution in [-0.4, -0.2) is 19.1 Å². The average molecular weight is 166 g/mol. The maximum atomic E-state index is 10.6. The molecule has 0 heterocycles. The fourth-order valence-electron chi connectivity index (χ4n) is 0.784. The summed E-state index contributed by atoms with van der Waals surface area (Å²) in [5, 5.41) is 0. The molecule has 0 unspecified atom stereocenters. The van der Waals surface area contributed by atoms with Crippen LogP contribution in [-0.2, 0) is 9.53 Å². The number of hydrogen-bond donors (Lipinski definition) is 1. The SMILES string of the molecule is COC(=O)[C@@H](N)C1CC1.Cl. The summed E-state index contributed by atoms with van der Waals surface area (Å²) in [6.07, 6.45) is 2.16. The van der Waals surface area contributed by atoms with E-state index in [0.29, 0.717) is 5.92 Å². The van der Waals surface area contributed by atoms with E-state index < -0.39 is 0 Å². The van der Waals surface area contributed by atoms with Gasteiger partial charge in [0.2, 0.25) is 0 Å². The highest BCUT2D eigenvalue weighted by atomic mass is 35.5. The lowest BCUT2D eigenvalue weighted by atomic mass is 10.2. The topological polar surface area (TPSA) is 52.3 Å². The Kier molecular flexibility index (Phi) is 3.68. The van der Waals surface area contributed by atoms with Crippen molar-refractivity contribution in [2.24, 2.45) is 11.7 Å². The van der Waals surface area contributed by atoms with E-state index in [2.05, 4.69) is 4.74 Å². The van der Waals surface area contributed by atoms with Gasteiger partial charge in [0.15, 0.2) is 0 Å². The lowest BCUT2D eigenvalue weighted by Gasteiger charge is -2.05. The van der Waals surface area contributed by atoms with Crippen LogP contribution < -0.4 is 5.73 Å². The Morgan fingerprint density at radius 2 is 2.20 bits per heavy atom. The Labute approximate surface area is 66.3 Å². The van der Waals surface area contributed by atoms with Gasteiger partial charge in [-0.3, -0.25) is 4.79 Å². The first-order chi connectivity index (χ1) is 4.25. The molecule has 0 saturated heterocycles. The smallest absolute Gasteiger partial charge is 0.322 e. The molecular formula is C6H12ClNO2. The number of ether oxygens (including phenoxy) is 1. The molecule has 1 fully saturated rings. The lowest BCUT2D eigenvalue weighted by Crippen LogP contribution is -2.33. The van der Waals surface area contributed by atoms with Gasteiger partial charge in [-0.2, -0.15) is 0 Å². The summed E-state index contributed by atoms with van der Waals surface area (Å²) < 4.78 is 4.45. The molecule has 0 bridgehead atoms. The van der Waals surface area contributed by atoms with Gasteiger partial charge in [-0.1, -0.05) is 0 Å². The zero-order chi connectivity index (χ0) is 6.85. The first kappa shape index (κ1) is 9.72. The molecule has 1 atom stereocenters. The Bertz CT molecular complexity index is 125. The Morgan fingerprint density at radius 1 is 1.70 bits per heavy atom. The molecule has 1 aliphatic rings. The minimum atomic E-state index is -0.366. The van der Waals surface area contributed by atoms with Crippen molar-refractivity contribution < 1.29 is 9.53 Å². The molecule has 0 aromatic carbocycles. The van der Waals surface area contributed by atoms with Crippen LogP contribution in [0.25, 0.3) is 0 Å². The molecular weight excluding hydrogens is 154 g/mol. The summed E-state index contributed by atoms with van der Waals surface area (Å²) in [6, 6.07) is -0.366. The van der Waals surface area contributed by atoms with E-state index in [9.17, 15) is 4.79 Å². The highest BCUT2D eigenvalue weighted by Crippen LogP contribution is 2.31. The molecule has 0 spiro atoms. The fraction of sp³-hybridized carbons (Fsp3) is 0.833. The van der Waals surface area contributed by atoms with Crippen molar-refractivity contribution >= 4 is 18.4 Å². The predicted molar refractivity (Wildman–Crippen MR) is 40.0 cm³/mol. The maximum absolute atomic E-state index is 10.6. The highest BCUT2D eigenvalue weighted by Gasteiger charge is 2.33. The number of rotatable bonds is 2. The van der Waals surface area contributed by atoms with E-state index in [4.69, 9.17) is 5.73 Å². The van der Waals surface area contributed by atoms with Gasteiger partial charge in [0.05, 0.1) is 7.11 Å². The van der Waals surface area contributed by atoms with E-state index in [-0.39, 0.29) is 24.4 Å². The molecule has 1 saturated carbocycles. The number of methoxy groups -OCH3 is 1. The molecule has 60 valence electrons. The van der Waals surface area contributed by atoms with Crippen molar-refractivity contribution in [2.45, 2.75) is 18.9 Å². The van der Waals surface area contributed by atoms with Gasteiger partial charge < -0.3 is 10.5 Å². The van der Waals surface area contributed by atoms with E-state index in [0.717, 1.165) is 12.8 Å². The second kappa shape index (κ2) is 3.78. The summed E-state index contributed by atoms with van der Waals surface area (Å²) >= 11 is 0. The van der Waals surface area contributed by atoms with E-state index >= 15 is 0 Å². The third-order valence-electron chi connectivity index (χ3n) is 1.60. The lowest BCUT2D eigenvalue weighted by molar-refractivity contribution is -0.142. The van der Waals surface area contributed by atoms with Crippen molar-refractivity contribution in [3.63, 3.8) is 0 Å². The van der Waals surface area contributed by atoms with Crippen LogP contribution in [0.1, 0.15) is 12.8 Å². The fourth-order valence-corrected chi connectivity index (χ4v) is 0.784. The first-order valence-corrected chi connectivity index (χ1v) is 3.09. The van der Waals surface area contributed by atoms with Crippen molar-refractivity contribution in [2.75, 3.05) is 7.11 Å². The highest BCUT2D eigenvalue weighted by molar-refractivity contribution is 5.85. The van der Waals surface area contributed by atoms with Gasteiger partial charge in [-0.05, 0) is 18.8 Å². The molecule has 0 aliphatic heterocycles. The predicted octanol–water partition coefficient (Wildman–Crippen LogP) is 0.318. The van der Waals surface area contributed by atoms with Crippen molar-refractivity contribution in [3.05, 3.63) is 0 Å². The number of carbonyl (C=O) groups is 1. The minimum Gasteiger partial charge on any atom is -0.468 e. The van der Waals surface area contributed by atoms with Crippen molar-refractivity contribution in [1.82, 2.24) is 0 Å². The molecule has 1 rings (SSSR count). The summed E-state index contributed by atoms with van der Waals surface area (Å²) in [5.41, 5.74) is 5.46. The van der Waals surface area contributed by atoms with Crippen molar-refractivity contribution in [3.8, 4) is 0 Å². The standard InChI is InChI=1S/C6H11NO2.ClH/c1-9-6(8)5(7)4-2-3-4;/h4-5H,2-3,7H2,1H3;1H/t5-;/m0./s1. The Balaban J connectivity index is 0.000000810. The molecule has 1 aliphatic carbocycles. The van der Waals surface area contributed by atoms with Gasteiger partial charge >= 0.3 is 5.97 Å². The molecule has 0 aromatic heterocycles. The summed E-state index contributed by atoms with van der Waals surface area (Å²) in [5.74, 6) is 0.120. The number of nitrogens with two attached hydrogens (primary N) is 1. The van der Waals surface area contributed by atoms with Crippen LogP contribution in [0.4, 0.5) is 0 Å². The van der Waals surface area contributed by atoms with Crippen LogP contribution in [0.15, 0.2) is 0 Å². The molecule has 10 heavy (non-hydrogen) atoms. The van der Waals surface area contributed by atoms with Gasteiger partial charge in [-0.25, -0.2) is 0 Å². The maximum Gasteiger partial charge on any atom is 0.322 e.